The number of amides is 1. The Morgan fingerprint density at radius 1 is 1.07 bits per heavy atom. The molecule has 3 rings (SSSR count). The summed E-state index contributed by atoms with van der Waals surface area (Å²) in [5.41, 5.74) is 3.02. The van der Waals surface area contributed by atoms with Crippen molar-refractivity contribution in [2.45, 2.75) is 26.3 Å². The van der Waals surface area contributed by atoms with E-state index in [2.05, 4.69) is 15.6 Å². The third kappa shape index (κ3) is 5.14. The molecular formula is C22H22FN3O. The van der Waals surface area contributed by atoms with Crippen LogP contribution >= 0.6 is 0 Å². The molecule has 3 aromatic rings. The molecule has 1 aromatic heterocycles. The van der Waals surface area contributed by atoms with E-state index < -0.39 is 0 Å². The number of carbonyl (C=O) groups is 1. The molecule has 0 aliphatic rings. The van der Waals surface area contributed by atoms with Crippen molar-refractivity contribution in [3.8, 4) is 0 Å². The summed E-state index contributed by atoms with van der Waals surface area (Å²) >= 11 is 0. The quantitative estimate of drug-likeness (QED) is 0.656. The molecule has 1 amide bonds. The number of hydrogen-bond donors (Lipinski definition) is 2. The Hall–Kier alpha value is -3.21. The highest BCUT2D eigenvalue weighted by Crippen LogP contribution is 2.21. The summed E-state index contributed by atoms with van der Waals surface area (Å²) < 4.78 is 13.7. The van der Waals surface area contributed by atoms with E-state index in [4.69, 9.17) is 0 Å². The van der Waals surface area contributed by atoms with Gasteiger partial charge in [-0.3, -0.25) is 4.79 Å². The molecule has 0 bridgehead atoms. The number of aromatic nitrogens is 1. The van der Waals surface area contributed by atoms with Crippen LogP contribution in [0.15, 0.2) is 66.7 Å². The lowest BCUT2D eigenvalue weighted by Crippen LogP contribution is -2.16. The van der Waals surface area contributed by atoms with E-state index in [9.17, 15) is 9.18 Å². The number of rotatable bonds is 6. The Bertz CT molecular complexity index is 942. The van der Waals surface area contributed by atoms with Gasteiger partial charge in [0.1, 0.15) is 11.6 Å². The molecule has 1 atom stereocenters. The fraction of sp³-hybridized carbons (Fsp3) is 0.182. The molecule has 2 aromatic carbocycles. The fourth-order valence-corrected chi connectivity index (χ4v) is 2.83. The number of halogens is 1. The van der Waals surface area contributed by atoms with E-state index in [0.717, 1.165) is 17.1 Å². The number of carbonyl (C=O) groups excluding carboxylic acids is 1. The van der Waals surface area contributed by atoms with Gasteiger partial charge in [-0.25, -0.2) is 9.37 Å². The molecule has 1 unspecified atom stereocenters. The second-order valence-corrected chi connectivity index (χ2v) is 6.47. The highest BCUT2D eigenvalue weighted by Gasteiger charge is 2.10. The fourth-order valence-electron chi connectivity index (χ4n) is 2.83. The first-order valence-corrected chi connectivity index (χ1v) is 8.84. The predicted octanol–water partition coefficient (Wildman–Crippen LogP) is 4.88. The Kier molecular flexibility index (Phi) is 5.81. The van der Waals surface area contributed by atoms with Crippen molar-refractivity contribution in [1.82, 2.24) is 4.98 Å². The van der Waals surface area contributed by atoms with Crippen LogP contribution in [-0.2, 0) is 11.2 Å². The molecule has 0 aliphatic carbocycles. The monoisotopic (exact) mass is 363 g/mol. The SMILES string of the molecule is Cc1cccc(NC(C)c2cccc(NC(=O)Cc3ccccc3F)c2)n1. The molecule has 27 heavy (non-hydrogen) atoms. The molecular weight excluding hydrogens is 341 g/mol. The van der Waals surface area contributed by atoms with Crippen LogP contribution in [0.4, 0.5) is 15.9 Å². The van der Waals surface area contributed by atoms with E-state index in [1.165, 1.54) is 6.07 Å². The van der Waals surface area contributed by atoms with Gasteiger partial charge in [-0.15, -0.1) is 0 Å². The first-order valence-electron chi connectivity index (χ1n) is 8.84. The number of hydrogen-bond acceptors (Lipinski definition) is 3. The minimum atomic E-state index is -0.370. The van der Waals surface area contributed by atoms with Crippen molar-refractivity contribution >= 4 is 17.4 Å². The van der Waals surface area contributed by atoms with Crippen molar-refractivity contribution in [3.63, 3.8) is 0 Å². The number of anilines is 2. The third-order valence-electron chi connectivity index (χ3n) is 4.23. The van der Waals surface area contributed by atoms with Crippen LogP contribution in [0.25, 0.3) is 0 Å². The number of aryl methyl sites for hydroxylation is 1. The van der Waals surface area contributed by atoms with Gasteiger partial charge >= 0.3 is 0 Å². The lowest BCUT2D eigenvalue weighted by atomic mass is 10.1. The van der Waals surface area contributed by atoms with Crippen molar-refractivity contribution < 1.29 is 9.18 Å². The van der Waals surface area contributed by atoms with Gasteiger partial charge in [0, 0.05) is 11.4 Å². The van der Waals surface area contributed by atoms with Gasteiger partial charge in [0.2, 0.25) is 5.91 Å². The van der Waals surface area contributed by atoms with Gasteiger partial charge < -0.3 is 10.6 Å². The second kappa shape index (κ2) is 8.45. The van der Waals surface area contributed by atoms with Crippen LogP contribution in [-0.4, -0.2) is 10.9 Å². The summed E-state index contributed by atoms with van der Waals surface area (Å²) in [5.74, 6) is 0.180. The van der Waals surface area contributed by atoms with Gasteiger partial charge in [0.15, 0.2) is 0 Å². The largest absolute Gasteiger partial charge is 0.364 e. The van der Waals surface area contributed by atoms with Crippen molar-refractivity contribution in [1.29, 1.82) is 0 Å². The van der Waals surface area contributed by atoms with Gasteiger partial charge in [0.05, 0.1) is 12.5 Å². The minimum Gasteiger partial charge on any atom is -0.364 e. The number of nitrogens with zero attached hydrogens (tertiary/aromatic N) is 1. The zero-order valence-corrected chi connectivity index (χ0v) is 15.4. The second-order valence-electron chi connectivity index (χ2n) is 6.47. The first kappa shape index (κ1) is 18.6. The van der Waals surface area contributed by atoms with E-state index in [1.807, 2.05) is 56.3 Å². The average molecular weight is 363 g/mol. The zero-order chi connectivity index (χ0) is 19.2. The number of benzene rings is 2. The molecule has 2 N–H and O–H groups in total. The lowest BCUT2D eigenvalue weighted by molar-refractivity contribution is -0.115. The van der Waals surface area contributed by atoms with Gasteiger partial charge in [-0.2, -0.15) is 0 Å². The smallest absolute Gasteiger partial charge is 0.228 e. The molecule has 0 saturated carbocycles. The Morgan fingerprint density at radius 2 is 1.85 bits per heavy atom. The van der Waals surface area contributed by atoms with E-state index in [1.54, 1.807) is 18.2 Å². The van der Waals surface area contributed by atoms with Crippen LogP contribution < -0.4 is 10.6 Å². The van der Waals surface area contributed by atoms with Crippen LogP contribution in [0.3, 0.4) is 0 Å². The molecule has 138 valence electrons. The molecule has 0 saturated heterocycles. The van der Waals surface area contributed by atoms with E-state index in [0.29, 0.717) is 11.3 Å². The highest BCUT2D eigenvalue weighted by atomic mass is 19.1. The summed E-state index contributed by atoms with van der Waals surface area (Å²) in [4.78, 5) is 16.7. The molecule has 0 spiro atoms. The topological polar surface area (TPSA) is 54.0 Å². The predicted molar refractivity (Wildman–Crippen MR) is 106 cm³/mol. The summed E-state index contributed by atoms with van der Waals surface area (Å²) in [6, 6.07) is 19.7. The van der Waals surface area contributed by atoms with Crippen LogP contribution in [0.1, 0.15) is 29.8 Å². The molecule has 4 nitrogen and oxygen atoms in total. The number of nitrogens with one attached hydrogen (secondary N) is 2. The van der Waals surface area contributed by atoms with E-state index >= 15 is 0 Å². The zero-order valence-electron chi connectivity index (χ0n) is 15.4. The molecule has 5 heteroatoms. The van der Waals surface area contributed by atoms with Crippen molar-refractivity contribution in [2.24, 2.45) is 0 Å². The first-order chi connectivity index (χ1) is 13.0. The molecule has 0 aliphatic heterocycles. The summed E-state index contributed by atoms with van der Waals surface area (Å²) in [5, 5.41) is 6.19. The van der Waals surface area contributed by atoms with Crippen molar-refractivity contribution in [3.05, 3.63) is 89.4 Å². The van der Waals surface area contributed by atoms with Crippen LogP contribution in [0.2, 0.25) is 0 Å². The summed E-state index contributed by atoms with van der Waals surface area (Å²) in [6.07, 6.45) is -0.00207. The van der Waals surface area contributed by atoms with Crippen molar-refractivity contribution in [2.75, 3.05) is 10.6 Å². The Morgan fingerprint density at radius 3 is 2.63 bits per heavy atom. The van der Waals surface area contributed by atoms with Crippen LogP contribution in [0, 0.1) is 12.7 Å². The third-order valence-corrected chi connectivity index (χ3v) is 4.23. The Labute approximate surface area is 158 Å². The van der Waals surface area contributed by atoms with Crippen LogP contribution in [0.5, 0.6) is 0 Å². The maximum absolute atomic E-state index is 13.7. The maximum Gasteiger partial charge on any atom is 0.228 e. The van der Waals surface area contributed by atoms with Gasteiger partial charge in [-0.1, -0.05) is 36.4 Å². The molecule has 1 heterocycles. The average Bonchev–Trinajstić information content (AvgIpc) is 2.64. The van der Waals surface area contributed by atoms with Gasteiger partial charge in [0.25, 0.3) is 0 Å². The summed E-state index contributed by atoms with van der Waals surface area (Å²) in [7, 11) is 0. The maximum atomic E-state index is 13.7. The standard InChI is InChI=1S/C22H22FN3O/c1-15-7-5-12-21(24-15)25-16(2)17-9-6-10-19(13-17)26-22(27)14-18-8-3-4-11-20(18)23/h3-13,16H,14H2,1-2H3,(H,24,25)(H,26,27). The number of pyridine rings is 1. The lowest BCUT2D eigenvalue weighted by Gasteiger charge is -2.16. The Balaban J connectivity index is 1.66. The minimum absolute atomic E-state index is 0.00207. The van der Waals surface area contributed by atoms with Gasteiger partial charge in [-0.05, 0) is 55.3 Å². The molecule has 0 fully saturated rings. The highest BCUT2D eigenvalue weighted by molar-refractivity contribution is 5.92. The normalized spacial score (nSPS) is 11.7. The molecule has 0 radical (unpaired) electrons. The van der Waals surface area contributed by atoms with E-state index in [-0.39, 0.29) is 24.2 Å². The summed E-state index contributed by atoms with van der Waals surface area (Å²) in [6.45, 7) is 3.98.